The van der Waals surface area contributed by atoms with E-state index in [9.17, 15) is 9.90 Å². The van der Waals surface area contributed by atoms with Crippen molar-refractivity contribution in [2.24, 2.45) is 11.8 Å². The first kappa shape index (κ1) is 9.30. The van der Waals surface area contributed by atoms with Gasteiger partial charge in [-0.1, -0.05) is 13.8 Å². The number of hydrogen-bond acceptors (Lipinski definition) is 2. The number of Topliss-reactive ketones (excluding diaryl/α,β-unsaturated/α-hetero) is 1. The van der Waals surface area contributed by atoms with Gasteiger partial charge in [-0.2, -0.15) is 0 Å². The fourth-order valence-corrected chi connectivity index (χ4v) is 1.79. The molecule has 0 aromatic rings. The van der Waals surface area contributed by atoms with Crippen molar-refractivity contribution in [2.45, 2.75) is 33.6 Å². The molecule has 1 aliphatic carbocycles. The van der Waals surface area contributed by atoms with Crippen LogP contribution in [0.15, 0.2) is 11.3 Å². The van der Waals surface area contributed by atoms with E-state index in [2.05, 4.69) is 13.8 Å². The number of ketones is 1. The molecular formula is C10H16O2. The highest BCUT2D eigenvalue weighted by atomic mass is 16.3. The first-order valence-corrected chi connectivity index (χ1v) is 4.47. The summed E-state index contributed by atoms with van der Waals surface area (Å²) in [7, 11) is 0. The maximum absolute atomic E-state index is 11.0. The number of aliphatic hydroxyl groups excluding tert-OH is 1. The van der Waals surface area contributed by atoms with Gasteiger partial charge in [0.05, 0.1) is 0 Å². The standard InChI is InChI=1S/C10H16O2/c1-6(2)8-4-5-9(7(3)11)10(8)12/h6,8,12H,4-5H2,1-3H3. The van der Waals surface area contributed by atoms with Crippen LogP contribution in [0.1, 0.15) is 33.6 Å². The van der Waals surface area contributed by atoms with Crippen molar-refractivity contribution < 1.29 is 9.90 Å². The summed E-state index contributed by atoms with van der Waals surface area (Å²) in [6.45, 7) is 5.67. The zero-order chi connectivity index (χ0) is 9.30. The van der Waals surface area contributed by atoms with Crippen molar-refractivity contribution in [1.82, 2.24) is 0 Å². The molecule has 12 heavy (non-hydrogen) atoms. The molecule has 0 aromatic carbocycles. The van der Waals surface area contributed by atoms with Crippen LogP contribution in [-0.2, 0) is 4.79 Å². The molecule has 0 aliphatic heterocycles. The van der Waals surface area contributed by atoms with E-state index >= 15 is 0 Å². The van der Waals surface area contributed by atoms with E-state index in [0.29, 0.717) is 17.3 Å². The molecular weight excluding hydrogens is 152 g/mol. The summed E-state index contributed by atoms with van der Waals surface area (Å²) >= 11 is 0. The van der Waals surface area contributed by atoms with Crippen molar-refractivity contribution >= 4 is 5.78 Å². The molecule has 0 amide bonds. The van der Waals surface area contributed by atoms with E-state index < -0.39 is 0 Å². The monoisotopic (exact) mass is 168 g/mol. The van der Waals surface area contributed by atoms with Gasteiger partial charge in [0.25, 0.3) is 0 Å². The third kappa shape index (κ3) is 1.52. The van der Waals surface area contributed by atoms with Crippen LogP contribution in [0, 0.1) is 11.8 Å². The van der Waals surface area contributed by atoms with Crippen LogP contribution in [0.4, 0.5) is 0 Å². The summed E-state index contributed by atoms with van der Waals surface area (Å²) < 4.78 is 0. The fourth-order valence-electron chi connectivity index (χ4n) is 1.79. The Morgan fingerprint density at radius 1 is 1.58 bits per heavy atom. The third-order valence-electron chi connectivity index (χ3n) is 2.60. The van der Waals surface area contributed by atoms with Crippen molar-refractivity contribution in [3.05, 3.63) is 11.3 Å². The van der Waals surface area contributed by atoms with Crippen LogP contribution in [-0.4, -0.2) is 10.9 Å². The van der Waals surface area contributed by atoms with Crippen molar-refractivity contribution in [3.63, 3.8) is 0 Å². The molecule has 1 atom stereocenters. The second-order valence-electron chi connectivity index (χ2n) is 3.81. The normalized spacial score (nSPS) is 23.8. The molecule has 1 N–H and O–H groups in total. The van der Waals surface area contributed by atoms with Crippen LogP contribution in [0.5, 0.6) is 0 Å². The molecule has 2 heteroatoms. The smallest absolute Gasteiger partial charge is 0.159 e. The molecule has 2 nitrogen and oxygen atoms in total. The van der Waals surface area contributed by atoms with Crippen LogP contribution >= 0.6 is 0 Å². The quantitative estimate of drug-likeness (QED) is 0.687. The number of allylic oxidation sites excluding steroid dienone is 2. The average molecular weight is 168 g/mol. The number of carbonyl (C=O) groups is 1. The molecule has 1 rings (SSSR count). The van der Waals surface area contributed by atoms with Crippen LogP contribution < -0.4 is 0 Å². The van der Waals surface area contributed by atoms with Gasteiger partial charge in [-0.3, -0.25) is 4.79 Å². The first-order chi connectivity index (χ1) is 5.54. The Hall–Kier alpha value is -0.790. The minimum absolute atomic E-state index is 0.0238. The minimum atomic E-state index is 0.0238. The maximum atomic E-state index is 11.0. The van der Waals surface area contributed by atoms with Gasteiger partial charge in [-0.25, -0.2) is 0 Å². The lowest BCUT2D eigenvalue weighted by molar-refractivity contribution is -0.113. The van der Waals surface area contributed by atoms with Gasteiger partial charge in [0.15, 0.2) is 5.78 Å². The van der Waals surface area contributed by atoms with Gasteiger partial charge in [0.2, 0.25) is 0 Å². The predicted octanol–water partition coefficient (Wildman–Crippen LogP) is 2.45. The molecule has 1 aliphatic rings. The Kier molecular flexibility index (Phi) is 2.55. The van der Waals surface area contributed by atoms with E-state index in [1.807, 2.05) is 0 Å². The summed E-state index contributed by atoms with van der Waals surface area (Å²) in [5, 5.41) is 9.65. The fraction of sp³-hybridized carbons (Fsp3) is 0.700. The SMILES string of the molecule is CC(=O)C1=C(O)C(C(C)C)CC1. The Labute approximate surface area is 73.3 Å². The molecule has 0 bridgehead atoms. The Bertz CT molecular complexity index is 226. The summed E-state index contributed by atoms with van der Waals surface area (Å²) in [5.41, 5.74) is 0.647. The van der Waals surface area contributed by atoms with Crippen LogP contribution in [0.3, 0.4) is 0 Å². The molecule has 0 fully saturated rings. The predicted molar refractivity (Wildman–Crippen MR) is 47.9 cm³/mol. The van der Waals surface area contributed by atoms with E-state index in [0.717, 1.165) is 12.8 Å². The zero-order valence-electron chi connectivity index (χ0n) is 7.92. The number of rotatable bonds is 2. The van der Waals surface area contributed by atoms with Gasteiger partial charge in [-0.15, -0.1) is 0 Å². The third-order valence-corrected chi connectivity index (χ3v) is 2.60. The van der Waals surface area contributed by atoms with Crippen molar-refractivity contribution in [3.8, 4) is 0 Å². The van der Waals surface area contributed by atoms with Crippen molar-refractivity contribution in [1.29, 1.82) is 0 Å². The lowest BCUT2D eigenvalue weighted by Gasteiger charge is -2.13. The first-order valence-electron chi connectivity index (χ1n) is 4.47. The molecule has 0 radical (unpaired) electrons. The average Bonchev–Trinajstić information content (AvgIpc) is 2.30. The van der Waals surface area contributed by atoms with E-state index in [1.165, 1.54) is 6.92 Å². The summed E-state index contributed by atoms with van der Waals surface area (Å²) in [6, 6.07) is 0. The molecule has 0 saturated carbocycles. The number of carbonyl (C=O) groups excluding carboxylic acids is 1. The van der Waals surface area contributed by atoms with E-state index in [1.54, 1.807) is 0 Å². The highest BCUT2D eigenvalue weighted by molar-refractivity contribution is 5.94. The second-order valence-corrected chi connectivity index (χ2v) is 3.81. The Balaban J connectivity index is 2.84. The lowest BCUT2D eigenvalue weighted by Crippen LogP contribution is -2.08. The molecule has 68 valence electrons. The maximum Gasteiger partial charge on any atom is 0.159 e. The topological polar surface area (TPSA) is 37.3 Å². The molecule has 0 saturated heterocycles. The zero-order valence-corrected chi connectivity index (χ0v) is 7.92. The summed E-state index contributed by atoms with van der Waals surface area (Å²) in [5.74, 6) is 1.01. The van der Waals surface area contributed by atoms with E-state index in [4.69, 9.17) is 0 Å². The van der Waals surface area contributed by atoms with Gasteiger partial charge in [0, 0.05) is 11.5 Å². The van der Waals surface area contributed by atoms with Gasteiger partial charge in [-0.05, 0) is 25.7 Å². The lowest BCUT2D eigenvalue weighted by atomic mass is 9.94. The van der Waals surface area contributed by atoms with Crippen LogP contribution in [0.25, 0.3) is 0 Å². The van der Waals surface area contributed by atoms with Gasteiger partial charge >= 0.3 is 0 Å². The van der Waals surface area contributed by atoms with Gasteiger partial charge in [0.1, 0.15) is 5.76 Å². The molecule has 1 unspecified atom stereocenters. The number of hydrogen-bond donors (Lipinski definition) is 1. The number of aliphatic hydroxyl groups is 1. The van der Waals surface area contributed by atoms with E-state index in [-0.39, 0.29) is 11.7 Å². The summed E-state index contributed by atoms with van der Waals surface area (Å²) in [6.07, 6.45) is 1.68. The Morgan fingerprint density at radius 3 is 2.42 bits per heavy atom. The minimum Gasteiger partial charge on any atom is -0.512 e. The molecule has 0 spiro atoms. The highest BCUT2D eigenvalue weighted by Gasteiger charge is 2.29. The summed E-state index contributed by atoms with van der Waals surface area (Å²) in [4.78, 5) is 11.0. The van der Waals surface area contributed by atoms with Gasteiger partial charge < -0.3 is 5.11 Å². The second kappa shape index (κ2) is 3.30. The molecule has 0 heterocycles. The van der Waals surface area contributed by atoms with Crippen molar-refractivity contribution in [2.75, 3.05) is 0 Å². The Morgan fingerprint density at radius 2 is 2.17 bits per heavy atom. The molecule has 0 aromatic heterocycles. The largest absolute Gasteiger partial charge is 0.512 e. The highest BCUT2D eigenvalue weighted by Crippen LogP contribution is 2.35. The van der Waals surface area contributed by atoms with Crippen LogP contribution in [0.2, 0.25) is 0 Å².